The summed E-state index contributed by atoms with van der Waals surface area (Å²) in [7, 11) is 8.10. The van der Waals surface area contributed by atoms with Gasteiger partial charge in [-0.2, -0.15) is 0 Å². The molecule has 0 radical (unpaired) electrons. The van der Waals surface area contributed by atoms with Crippen LogP contribution >= 0.6 is 11.6 Å². The van der Waals surface area contributed by atoms with E-state index in [-0.39, 0.29) is 0 Å². The minimum Gasteiger partial charge on any atom is -0.435 e. The van der Waals surface area contributed by atoms with Crippen LogP contribution in [0.1, 0.15) is 0 Å². The van der Waals surface area contributed by atoms with Crippen LogP contribution in [0, 0.1) is 0 Å². The molecule has 0 spiro atoms. The van der Waals surface area contributed by atoms with Gasteiger partial charge in [0, 0.05) is 61.3 Å². The highest BCUT2D eigenvalue weighted by molar-refractivity contribution is 6.30. The highest BCUT2D eigenvalue weighted by Crippen LogP contribution is 2.37. The van der Waals surface area contributed by atoms with Gasteiger partial charge in [-0.3, -0.25) is 0 Å². The molecule has 1 heterocycles. The Morgan fingerprint density at radius 2 is 1.10 bits per heavy atom. The summed E-state index contributed by atoms with van der Waals surface area (Å²) in [6, 6.07) is 24.2. The molecule has 0 N–H and O–H groups in total. The van der Waals surface area contributed by atoms with Crippen molar-refractivity contribution < 1.29 is 4.42 Å². The summed E-state index contributed by atoms with van der Waals surface area (Å²) in [5.74, 6) is 1.33. The zero-order chi connectivity index (χ0) is 21.3. The number of hydrogen-bond acceptors (Lipinski definition) is 4. The molecule has 0 saturated carbocycles. The van der Waals surface area contributed by atoms with Gasteiger partial charge in [-0.25, -0.2) is 4.98 Å². The number of halogens is 1. The Morgan fingerprint density at radius 3 is 1.60 bits per heavy atom. The molecule has 0 saturated heterocycles. The topological polar surface area (TPSA) is 32.5 Å². The standard InChI is InChI=1S/C25H24ClN3O/c1-28(2)21-13-7-17(8-14-21)23-24(18-5-11-20(26)12-6-18)30-25(27-23)19-9-15-22(16-10-19)29(3)4/h5-16H,1-4H3. The number of nitrogens with zero attached hydrogens (tertiary/aromatic N) is 3. The van der Waals surface area contributed by atoms with Crippen LogP contribution < -0.4 is 9.80 Å². The quantitative estimate of drug-likeness (QED) is 0.373. The normalized spacial score (nSPS) is 10.8. The van der Waals surface area contributed by atoms with Crippen molar-refractivity contribution in [3.63, 3.8) is 0 Å². The summed E-state index contributed by atoms with van der Waals surface area (Å²) in [5, 5.41) is 0.689. The van der Waals surface area contributed by atoms with Gasteiger partial charge >= 0.3 is 0 Å². The van der Waals surface area contributed by atoms with Gasteiger partial charge in [0.2, 0.25) is 5.89 Å². The van der Waals surface area contributed by atoms with E-state index in [4.69, 9.17) is 21.0 Å². The summed E-state index contributed by atoms with van der Waals surface area (Å²) in [6.45, 7) is 0. The monoisotopic (exact) mass is 417 g/mol. The molecule has 0 amide bonds. The van der Waals surface area contributed by atoms with Crippen molar-refractivity contribution in [2.24, 2.45) is 0 Å². The van der Waals surface area contributed by atoms with Crippen LogP contribution in [-0.2, 0) is 0 Å². The first-order valence-electron chi connectivity index (χ1n) is 9.74. The fourth-order valence-corrected chi connectivity index (χ4v) is 3.38. The van der Waals surface area contributed by atoms with Crippen LogP contribution in [0.5, 0.6) is 0 Å². The number of benzene rings is 3. The van der Waals surface area contributed by atoms with Crippen molar-refractivity contribution in [3.8, 4) is 34.0 Å². The number of rotatable bonds is 5. The van der Waals surface area contributed by atoms with Crippen molar-refractivity contribution >= 4 is 23.0 Å². The zero-order valence-electron chi connectivity index (χ0n) is 17.6. The van der Waals surface area contributed by atoms with Crippen LogP contribution in [0.4, 0.5) is 11.4 Å². The highest BCUT2D eigenvalue weighted by Gasteiger charge is 2.18. The van der Waals surface area contributed by atoms with E-state index in [0.29, 0.717) is 10.9 Å². The van der Waals surface area contributed by atoms with Crippen molar-refractivity contribution in [2.75, 3.05) is 38.0 Å². The maximum absolute atomic E-state index is 6.28. The molecule has 152 valence electrons. The molecule has 0 bridgehead atoms. The fourth-order valence-electron chi connectivity index (χ4n) is 3.26. The lowest BCUT2D eigenvalue weighted by molar-refractivity contribution is 0.589. The molecule has 0 fully saturated rings. The third kappa shape index (κ3) is 4.05. The van der Waals surface area contributed by atoms with Gasteiger partial charge in [0.05, 0.1) is 0 Å². The van der Waals surface area contributed by atoms with E-state index in [1.54, 1.807) is 0 Å². The number of aromatic nitrogens is 1. The van der Waals surface area contributed by atoms with Crippen molar-refractivity contribution in [2.45, 2.75) is 0 Å². The van der Waals surface area contributed by atoms with E-state index < -0.39 is 0 Å². The molecule has 0 atom stereocenters. The van der Waals surface area contributed by atoms with Gasteiger partial charge in [0.25, 0.3) is 0 Å². The summed E-state index contributed by atoms with van der Waals surface area (Å²) < 4.78 is 6.28. The highest BCUT2D eigenvalue weighted by atomic mass is 35.5. The molecule has 0 unspecified atom stereocenters. The van der Waals surface area contributed by atoms with E-state index >= 15 is 0 Å². The third-order valence-corrected chi connectivity index (χ3v) is 5.27. The average molecular weight is 418 g/mol. The van der Waals surface area contributed by atoms with Crippen molar-refractivity contribution in [1.82, 2.24) is 4.98 Å². The number of hydrogen-bond donors (Lipinski definition) is 0. The van der Waals surface area contributed by atoms with E-state index in [1.165, 1.54) is 0 Å². The zero-order valence-corrected chi connectivity index (χ0v) is 18.3. The molecule has 4 nitrogen and oxygen atoms in total. The van der Waals surface area contributed by atoms with E-state index in [0.717, 1.165) is 39.5 Å². The predicted octanol–water partition coefficient (Wildman–Crippen LogP) is 6.46. The van der Waals surface area contributed by atoms with Gasteiger partial charge in [-0.1, -0.05) is 23.7 Å². The lowest BCUT2D eigenvalue weighted by Gasteiger charge is -2.12. The van der Waals surface area contributed by atoms with Crippen LogP contribution in [0.15, 0.2) is 77.2 Å². The molecular formula is C25H24ClN3O. The molecule has 4 aromatic rings. The molecule has 3 aromatic carbocycles. The lowest BCUT2D eigenvalue weighted by atomic mass is 10.1. The van der Waals surface area contributed by atoms with Gasteiger partial charge in [-0.05, 0) is 60.7 Å². The Bertz CT molecular complexity index is 1130. The Morgan fingerprint density at radius 1 is 0.633 bits per heavy atom. The van der Waals surface area contributed by atoms with E-state index in [1.807, 2.05) is 64.6 Å². The Labute approximate surface area is 182 Å². The first kappa shape index (κ1) is 20.0. The van der Waals surface area contributed by atoms with Crippen molar-refractivity contribution in [1.29, 1.82) is 0 Å². The minimum absolute atomic E-state index is 0.594. The SMILES string of the molecule is CN(C)c1ccc(-c2nc(-c3ccc(N(C)C)cc3)c(-c3ccc(Cl)cc3)o2)cc1. The molecular weight excluding hydrogens is 394 g/mol. The van der Waals surface area contributed by atoms with E-state index in [9.17, 15) is 0 Å². The molecule has 4 rings (SSSR count). The first-order valence-corrected chi connectivity index (χ1v) is 10.1. The molecule has 1 aromatic heterocycles. The van der Waals surface area contributed by atoms with Gasteiger partial charge in [-0.15, -0.1) is 0 Å². The van der Waals surface area contributed by atoms with Crippen LogP contribution in [-0.4, -0.2) is 33.2 Å². The second-order valence-corrected chi connectivity index (χ2v) is 8.02. The Kier molecular flexibility index (Phi) is 5.51. The third-order valence-electron chi connectivity index (χ3n) is 5.02. The Balaban J connectivity index is 1.81. The number of anilines is 2. The van der Waals surface area contributed by atoms with Gasteiger partial charge in [0.1, 0.15) is 5.69 Å². The largest absolute Gasteiger partial charge is 0.435 e. The summed E-state index contributed by atoms with van der Waals surface area (Å²) in [5.41, 5.74) is 5.96. The summed E-state index contributed by atoms with van der Waals surface area (Å²) in [4.78, 5) is 9.01. The Hall–Kier alpha value is -3.24. The van der Waals surface area contributed by atoms with Gasteiger partial charge in [0.15, 0.2) is 5.76 Å². The van der Waals surface area contributed by atoms with Crippen LogP contribution in [0.3, 0.4) is 0 Å². The number of oxazole rings is 1. The van der Waals surface area contributed by atoms with Gasteiger partial charge < -0.3 is 14.2 Å². The molecule has 5 heteroatoms. The second-order valence-electron chi connectivity index (χ2n) is 7.59. The van der Waals surface area contributed by atoms with Crippen LogP contribution in [0.25, 0.3) is 34.0 Å². The lowest BCUT2D eigenvalue weighted by Crippen LogP contribution is -2.07. The summed E-state index contributed by atoms with van der Waals surface area (Å²) >= 11 is 6.09. The van der Waals surface area contributed by atoms with E-state index in [2.05, 4.69) is 46.2 Å². The molecule has 0 aliphatic heterocycles. The minimum atomic E-state index is 0.594. The maximum atomic E-state index is 6.28. The molecule has 30 heavy (non-hydrogen) atoms. The maximum Gasteiger partial charge on any atom is 0.227 e. The summed E-state index contributed by atoms with van der Waals surface area (Å²) in [6.07, 6.45) is 0. The van der Waals surface area contributed by atoms with Crippen molar-refractivity contribution in [3.05, 3.63) is 77.8 Å². The average Bonchev–Trinajstić information content (AvgIpc) is 3.20. The smallest absolute Gasteiger partial charge is 0.227 e. The second kappa shape index (κ2) is 8.25. The van der Waals surface area contributed by atoms with Crippen LogP contribution in [0.2, 0.25) is 5.02 Å². The fraction of sp³-hybridized carbons (Fsp3) is 0.160. The molecule has 0 aliphatic carbocycles. The molecule has 0 aliphatic rings. The predicted molar refractivity (Wildman–Crippen MR) is 126 cm³/mol. The first-order chi connectivity index (χ1) is 14.4.